The standard InChI is InChI=1S/C32H42N2O2/c1-5-9-27(10-8-11-30(35)22-26-15-13-25(6-2)14-16-26)28-18-20-34(21-19-28)32(36)29-17-12-24(4)31(23-29)33-7-3/h6-7,12-17,23,27-28H,2,5,8-11,18-22H2,1,3-4H3. The molecule has 0 aromatic heterocycles. The maximum atomic E-state index is 13.1. The Morgan fingerprint density at radius 2 is 1.83 bits per heavy atom. The zero-order valence-corrected chi connectivity index (χ0v) is 22.3. The molecule has 0 N–H and O–H groups in total. The largest absolute Gasteiger partial charge is 0.339 e. The van der Waals surface area contributed by atoms with Crippen LogP contribution in [-0.2, 0) is 11.2 Å². The lowest BCUT2D eigenvalue weighted by Gasteiger charge is -2.36. The minimum atomic E-state index is 0.111. The van der Waals surface area contributed by atoms with Gasteiger partial charge in [-0.3, -0.25) is 14.6 Å². The highest BCUT2D eigenvalue weighted by Crippen LogP contribution is 2.33. The van der Waals surface area contributed by atoms with E-state index in [0.717, 1.165) is 73.1 Å². The lowest BCUT2D eigenvalue weighted by Crippen LogP contribution is -2.40. The number of hydrogen-bond donors (Lipinski definition) is 0. The van der Waals surface area contributed by atoms with Gasteiger partial charge in [0.2, 0.25) is 0 Å². The number of carbonyl (C=O) groups is 2. The summed E-state index contributed by atoms with van der Waals surface area (Å²) in [6.07, 6.45) is 11.3. The van der Waals surface area contributed by atoms with Crippen molar-refractivity contribution in [2.45, 2.75) is 72.1 Å². The summed E-state index contributed by atoms with van der Waals surface area (Å²) in [5.41, 5.74) is 4.83. The van der Waals surface area contributed by atoms with Crippen LogP contribution in [-0.4, -0.2) is 35.9 Å². The van der Waals surface area contributed by atoms with Crippen LogP contribution in [0.3, 0.4) is 0 Å². The molecule has 0 radical (unpaired) electrons. The zero-order chi connectivity index (χ0) is 25.9. The van der Waals surface area contributed by atoms with Crippen LogP contribution in [0.2, 0.25) is 0 Å². The smallest absolute Gasteiger partial charge is 0.253 e. The van der Waals surface area contributed by atoms with Gasteiger partial charge in [0.25, 0.3) is 5.91 Å². The molecule has 192 valence electrons. The Kier molecular flexibility index (Phi) is 10.7. The first kappa shape index (κ1) is 27.6. The van der Waals surface area contributed by atoms with Crippen molar-refractivity contribution in [1.82, 2.24) is 4.90 Å². The molecular weight excluding hydrogens is 444 g/mol. The third-order valence-corrected chi connectivity index (χ3v) is 7.52. The molecule has 1 unspecified atom stereocenters. The molecule has 4 heteroatoms. The molecule has 1 amide bonds. The molecule has 1 saturated heterocycles. The zero-order valence-electron chi connectivity index (χ0n) is 22.3. The van der Waals surface area contributed by atoms with Crippen LogP contribution in [0.1, 0.15) is 85.8 Å². The van der Waals surface area contributed by atoms with Crippen molar-refractivity contribution < 1.29 is 9.59 Å². The van der Waals surface area contributed by atoms with Crippen LogP contribution in [0.4, 0.5) is 5.69 Å². The summed E-state index contributed by atoms with van der Waals surface area (Å²) in [4.78, 5) is 32.1. The van der Waals surface area contributed by atoms with Gasteiger partial charge < -0.3 is 4.90 Å². The number of ketones is 1. The fraction of sp³-hybridized carbons (Fsp3) is 0.469. The molecule has 36 heavy (non-hydrogen) atoms. The predicted octanol–water partition coefficient (Wildman–Crippen LogP) is 7.61. The van der Waals surface area contributed by atoms with Crippen LogP contribution >= 0.6 is 0 Å². The van der Waals surface area contributed by atoms with E-state index in [2.05, 4.69) is 18.5 Å². The molecule has 1 heterocycles. The van der Waals surface area contributed by atoms with Crippen LogP contribution < -0.4 is 0 Å². The summed E-state index contributed by atoms with van der Waals surface area (Å²) >= 11 is 0. The number of nitrogens with zero attached hydrogens (tertiary/aromatic N) is 2. The maximum Gasteiger partial charge on any atom is 0.253 e. The van der Waals surface area contributed by atoms with Crippen LogP contribution in [0, 0.1) is 18.8 Å². The van der Waals surface area contributed by atoms with Gasteiger partial charge in [0, 0.05) is 37.7 Å². The van der Waals surface area contributed by atoms with E-state index >= 15 is 0 Å². The normalized spacial score (nSPS) is 15.2. The number of piperidine rings is 1. The average molecular weight is 487 g/mol. The van der Waals surface area contributed by atoms with Gasteiger partial charge in [-0.05, 0) is 80.2 Å². The molecule has 0 bridgehead atoms. The Hall–Kier alpha value is -3.01. The Labute approximate surface area is 217 Å². The summed E-state index contributed by atoms with van der Waals surface area (Å²) < 4.78 is 0. The quantitative estimate of drug-likeness (QED) is 0.290. The number of carbonyl (C=O) groups excluding carboxylic acids is 2. The molecule has 3 rings (SSSR count). The molecule has 1 fully saturated rings. The van der Waals surface area contributed by atoms with Gasteiger partial charge in [0.05, 0.1) is 5.69 Å². The third kappa shape index (κ3) is 7.74. The lowest BCUT2D eigenvalue weighted by atomic mass is 9.78. The van der Waals surface area contributed by atoms with Crippen molar-refractivity contribution in [3.8, 4) is 0 Å². The van der Waals surface area contributed by atoms with Gasteiger partial charge in [-0.15, -0.1) is 0 Å². The van der Waals surface area contributed by atoms with E-state index < -0.39 is 0 Å². The highest BCUT2D eigenvalue weighted by Gasteiger charge is 2.28. The molecule has 1 aliphatic rings. The molecule has 2 aromatic rings. The van der Waals surface area contributed by atoms with Crippen molar-refractivity contribution in [1.29, 1.82) is 0 Å². The number of likely N-dealkylation sites (tertiary alicyclic amines) is 1. The average Bonchev–Trinajstić information content (AvgIpc) is 2.90. The van der Waals surface area contributed by atoms with Crippen LogP contribution in [0.25, 0.3) is 6.08 Å². The van der Waals surface area contributed by atoms with Crippen molar-refractivity contribution in [2.75, 3.05) is 13.1 Å². The Morgan fingerprint density at radius 1 is 1.11 bits per heavy atom. The van der Waals surface area contributed by atoms with E-state index in [-0.39, 0.29) is 5.91 Å². The van der Waals surface area contributed by atoms with E-state index in [0.29, 0.717) is 30.5 Å². The number of aryl methyl sites for hydroxylation is 1. The lowest BCUT2D eigenvalue weighted by molar-refractivity contribution is -0.118. The topological polar surface area (TPSA) is 49.7 Å². The van der Waals surface area contributed by atoms with Crippen molar-refractivity contribution >= 4 is 29.7 Å². The fourth-order valence-electron chi connectivity index (χ4n) is 5.41. The molecule has 4 nitrogen and oxygen atoms in total. The Balaban J connectivity index is 1.48. The molecule has 0 spiro atoms. The Bertz CT molecular complexity index is 1050. The van der Waals surface area contributed by atoms with Gasteiger partial charge in [-0.2, -0.15) is 0 Å². The minimum Gasteiger partial charge on any atom is -0.339 e. The molecule has 1 aliphatic heterocycles. The highest BCUT2D eigenvalue weighted by molar-refractivity contribution is 5.95. The number of rotatable bonds is 12. The summed E-state index contributed by atoms with van der Waals surface area (Å²) in [5, 5.41) is 0. The van der Waals surface area contributed by atoms with Crippen molar-refractivity contribution in [3.05, 3.63) is 71.3 Å². The minimum absolute atomic E-state index is 0.111. The van der Waals surface area contributed by atoms with E-state index in [1.54, 1.807) is 6.21 Å². The molecule has 1 atom stereocenters. The first-order chi connectivity index (χ1) is 17.4. The monoisotopic (exact) mass is 486 g/mol. The van der Waals surface area contributed by atoms with Crippen molar-refractivity contribution in [2.24, 2.45) is 16.8 Å². The van der Waals surface area contributed by atoms with E-state index in [1.807, 2.05) is 67.3 Å². The number of aliphatic imine (C=N–C) groups is 1. The molecule has 0 saturated carbocycles. The second-order valence-corrected chi connectivity index (χ2v) is 10.1. The van der Waals surface area contributed by atoms with E-state index in [4.69, 9.17) is 0 Å². The maximum absolute atomic E-state index is 13.1. The third-order valence-electron chi connectivity index (χ3n) is 7.52. The van der Waals surface area contributed by atoms with Gasteiger partial charge in [-0.1, -0.05) is 62.8 Å². The predicted molar refractivity (Wildman–Crippen MR) is 151 cm³/mol. The summed E-state index contributed by atoms with van der Waals surface area (Å²) in [7, 11) is 0. The molecule has 0 aliphatic carbocycles. The summed E-state index contributed by atoms with van der Waals surface area (Å²) in [5.74, 6) is 1.70. The van der Waals surface area contributed by atoms with E-state index in [1.165, 1.54) is 6.42 Å². The summed E-state index contributed by atoms with van der Waals surface area (Å²) in [6.45, 7) is 11.6. The van der Waals surface area contributed by atoms with Crippen LogP contribution in [0.15, 0.2) is 54.0 Å². The van der Waals surface area contributed by atoms with E-state index in [9.17, 15) is 9.59 Å². The van der Waals surface area contributed by atoms with Gasteiger partial charge in [-0.25, -0.2) is 0 Å². The second kappa shape index (κ2) is 13.9. The SMILES string of the molecule is C=Cc1ccc(CC(=O)CCCC(CCC)C2CCN(C(=O)c3ccc(C)c(N=CC)c3)CC2)cc1. The number of amides is 1. The van der Waals surface area contributed by atoms with Crippen LogP contribution in [0.5, 0.6) is 0 Å². The fourth-order valence-corrected chi connectivity index (χ4v) is 5.41. The number of Topliss-reactive ketones (excluding diaryl/α,β-unsaturated/α-hetero) is 1. The first-order valence-electron chi connectivity index (χ1n) is 13.6. The number of hydrogen-bond acceptors (Lipinski definition) is 3. The Morgan fingerprint density at radius 3 is 2.47 bits per heavy atom. The molecular formula is C32H42N2O2. The highest BCUT2D eigenvalue weighted by atomic mass is 16.2. The first-order valence-corrected chi connectivity index (χ1v) is 13.6. The van der Waals surface area contributed by atoms with Crippen molar-refractivity contribution in [3.63, 3.8) is 0 Å². The van der Waals surface area contributed by atoms with Gasteiger partial charge >= 0.3 is 0 Å². The second-order valence-electron chi connectivity index (χ2n) is 10.1. The van der Waals surface area contributed by atoms with Gasteiger partial charge in [0.1, 0.15) is 5.78 Å². The molecule has 2 aromatic carbocycles. The number of benzene rings is 2. The van der Waals surface area contributed by atoms with Gasteiger partial charge in [0.15, 0.2) is 0 Å². The summed E-state index contributed by atoms with van der Waals surface area (Å²) in [6, 6.07) is 13.9.